The average molecular weight is 412 g/mol. The predicted octanol–water partition coefficient (Wildman–Crippen LogP) is 3.08. The minimum atomic E-state index is -0.824. The maximum absolute atomic E-state index is 11.6. The topological polar surface area (TPSA) is 119 Å². The van der Waals surface area contributed by atoms with Gasteiger partial charge in [0.2, 0.25) is 5.89 Å². The molecule has 0 aliphatic heterocycles. The first-order chi connectivity index (χ1) is 14.1. The number of phenols is 1. The van der Waals surface area contributed by atoms with Crippen molar-refractivity contribution in [3.63, 3.8) is 0 Å². The van der Waals surface area contributed by atoms with Crippen LogP contribution in [0.4, 0.5) is 0 Å². The molecular formula is C20H16N2O6S. The third-order valence-electron chi connectivity index (χ3n) is 3.96. The number of hydrogen-bond donors (Lipinski definition) is 2. The van der Waals surface area contributed by atoms with Crippen LogP contribution in [0.1, 0.15) is 0 Å². The van der Waals surface area contributed by atoms with Crippen LogP contribution in [0.15, 0.2) is 73.4 Å². The summed E-state index contributed by atoms with van der Waals surface area (Å²) in [5.41, 5.74) is 0.586. The number of para-hydroxylation sites is 1. The summed E-state index contributed by atoms with van der Waals surface area (Å²) in [6, 6.07) is 14.7. The van der Waals surface area contributed by atoms with Gasteiger partial charge >= 0.3 is 5.63 Å². The van der Waals surface area contributed by atoms with Gasteiger partial charge in [-0.3, -0.25) is 0 Å². The second-order valence-electron chi connectivity index (χ2n) is 6.12. The van der Waals surface area contributed by atoms with E-state index in [0.29, 0.717) is 33.4 Å². The summed E-state index contributed by atoms with van der Waals surface area (Å²) in [6.07, 6.45) is -0.824. The Balaban J connectivity index is 1.35. The second kappa shape index (κ2) is 8.38. The van der Waals surface area contributed by atoms with Crippen molar-refractivity contribution >= 4 is 22.7 Å². The quantitative estimate of drug-likeness (QED) is 0.348. The van der Waals surface area contributed by atoms with Crippen molar-refractivity contribution in [2.75, 3.05) is 12.4 Å². The molecule has 2 aromatic heterocycles. The van der Waals surface area contributed by atoms with E-state index in [9.17, 15) is 15.0 Å². The third kappa shape index (κ3) is 4.58. The Labute approximate surface area is 168 Å². The third-order valence-corrected chi connectivity index (χ3v) is 4.93. The lowest BCUT2D eigenvalue weighted by Gasteiger charge is -2.12. The van der Waals surface area contributed by atoms with Crippen molar-refractivity contribution in [1.82, 2.24) is 10.2 Å². The van der Waals surface area contributed by atoms with Gasteiger partial charge in [-0.2, -0.15) is 0 Å². The number of rotatable bonds is 7. The molecule has 0 aliphatic carbocycles. The first-order valence-electron chi connectivity index (χ1n) is 8.68. The zero-order valence-corrected chi connectivity index (χ0v) is 15.8. The van der Waals surface area contributed by atoms with Gasteiger partial charge in [-0.25, -0.2) is 4.79 Å². The van der Waals surface area contributed by atoms with Crippen molar-refractivity contribution in [1.29, 1.82) is 0 Å². The van der Waals surface area contributed by atoms with E-state index in [1.807, 2.05) is 6.07 Å². The number of hydrogen-bond acceptors (Lipinski definition) is 9. The number of thioether (sulfide) groups is 1. The number of aromatic nitrogens is 2. The summed E-state index contributed by atoms with van der Waals surface area (Å²) >= 11 is 1.19. The summed E-state index contributed by atoms with van der Waals surface area (Å²) in [5, 5.41) is 28.4. The molecule has 2 aromatic carbocycles. The van der Waals surface area contributed by atoms with E-state index < -0.39 is 11.7 Å². The van der Waals surface area contributed by atoms with Gasteiger partial charge < -0.3 is 23.8 Å². The van der Waals surface area contributed by atoms with Crippen LogP contribution >= 0.6 is 11.8 Å². The molecule has 1 unspecified atom stereocenters. The molecule has 148 valence electrons. The summed E-state index contributed by atoms with van der Waals surface area (Å²) in [5.74, 6) is 1.08. The lowest BCUT2D eigenvalue weighted by atomic mass is 10.2. The van der Waals surface area contributed by atoms with Crippen LogP contribution in [0, 0.1) is 0 Å². The fourth-order valence-electron chi connectivity index (χ4n) is 2.59. The Kier molecular flexibility index (Phi) is 5.50. The fourth-order valence-corrected chi connectivity index (χ4v) is 3.26. The van der Waals surface area contributed by atoms with Crippen molar-refractivity contribution in [3.05, 3.63) is 65.0 Å². The molecule has 0 bridgehead atoms. The molecule has 0 amide bonds. The maximum Gasteiger partial charge on any atom is 0.339 e. The van der Waals surface area contributed by atoms with Crippen LogP contribution in [0.2, 0.25) is 0 Å². The van der Waals surface area contributed by atoms with E-state index in [4.69, 9.17) is 13.6 Å². The lowest BCUT2D eigenvalue weighted by molar-refractivity contribution is 0.127. The number of nitrogens with zero attached hydrogens (tertiary/aromatic N) is 2. The standard InChI is InChI=1S/C20H16N2O6S/c23-13-7-5-12(6-8-13)19-21-22-20(28-19)29-11-14(24)10-26-17-9-18(25)27-16-4-2-1-3-15(16)17/h1-9,14,23-24H,10-11H2. The fraction of sp³-hybridized carbons (Fsp3) is 0.150. The molecule has 0 spiro atoms. The van der Waals surface area contributed by atoms with Gasteiger partial charge in [0.05, 0.1) is 17.6 Å². The molecule has 0 saturated carbocycles. The highest BCUT2D eigenvalue weighted by Gasteiger charge is 2.14. The smallest absolute Gasteiger partial charge is 0.339 e. The van der Waals surface area contributed by atoms with Gasteiger partial charge in [0.15, 0.2) is 0 Å². The predicted molar refractivity (Wildman–Crippen MR) is 106 cm³/mol. The summed E-state index contributed by atoms with van der Waals surface area (Å²) < 4.78 is 16.3. The van der Waals surface area contributed by atoms with E-state index in [1.54, 1.807) is 30.3 Å². The number of aromatic hydroxyl groups is 1. The molecule has 0 saturated heterocycles. The molecule has 8 nitrogen and oxygen atoms in total. The Hall–Kier alpha value is -3.30. The monoisotopic (exact) mass is 412 g/mol. The highest BCUT2D eigenvalue weighted by Crippen LogP contribution is 2.26. The van der Waals surface area contributed by atoms with Gasteiger partial charge in [0, 0.05) is 11.3 Å². The number of benzene rings is 2. The molecule has 0 radical (unpaired) electrons. The second-order valence-corrected chi connectivity index (χ2v) is 7.09. The van der Waals surface area contributed by atoms with Crippen molar-refractivity contribution < 1.29 is 23.8 Å². The molecule has 1 atom stereocenters. The van der Waals surface area contributed by atoms with Crippen molar-refractivity contribution in [2.45, 2.75) is 11.3 Å². The zero-order valence-electron chi connectivity index (χ0n) is 15.0. The van der Waals surface area contributed by atoms with E-state index in [-0.39, 0.29) is 18.1 Å². The molecule has 9 heteroatoms. The molecule has 2 N–H and O–H groups in total. The first-order valence-corrected chi connectivity index (χ1v) is 9.66. The van der Waals surface area contributed by atoms with E-state index >= 15 is 0 Å². The van der Waals surface area contributed by atoms with Crippen molar-refractivity contribution in [3.8, 4) is 23.0 Å². The normalized spacial score (nSPS) is 12.2. The number of ether oxygens (including phenoxy) is 1. The highest BCUT2D eigenvalue weighted by atomic mass is 32.2. The lowest BCUT2D eigenvalue weighted by Crippen LogP contribution is -2.20. The van der Waals surface area contributed by atoms with Gasteiger partial charge in [-0.15, -0.1) is 10.2 Å². The first kappa shape index (κ1) is 19.0. The number of fused-ring (bicyclic) bond motifs is 1. The van der Waals surface area contributed by atoms with Crippen LogP contribution in [-0.4, -0.2) is 38.9 Å². The molecule has 0 fully saturated rings. The van der Waals surface area contributed by atoms with Crippen LogP contribution in [-0.2, 0) is 0 Å². The Morgan fingerprint density at radius 1 is 1.07 bits per heavy atom. The van der Waals surface area contributed by atoms with Crippen molar-refractivity contribution in [2.24, 2.45) is 0 Å². The largest absolute Gasteiger partial charge is 0.508 e. The Bertz CT molecular complexity index is 1170. The van der Waals surface area contributed by atoms with Gasteiger partial charge in [0.25, 0.3) is 5.22 Å². The molecule has 29 heavy (non-hydrogen) atoms. The number of aliphatic hydroxyl groups is 1. The van der Waals surface area contributed by atoms with Gasteiger partial charge in [0.1, 0.15) is 23.7 Å². The molecule has 2 heterocycles. The van der Waals surface area contributed by atoms with E-state index in [2.05, 4.69) is 10.2 Å². The summed E-state index contributed by atoms with van der Waals surface area (Å²) in [6.45, 7) is -0.0145. The highest BCUT2D eigenvalue weighted by molar-refractivity contribution is 7.99. The van der Waals surface area contributed by atoms with E-state index in [1.165, 1.54) is 30.0 Å². The van der Waals surface area contributed by atoms with Crippen LogP contribution in [0.3, 0.4) is 0 Å². The minimum absolute atomic E-state index is 0.0145. The summed E-state index contributed by atoms with van der Waals surface area (Å²) in [4.78, 5) is 11.6. The van der Waals surface area contributed by atoms with Gasteiger partial charge in [-0.1, -0.05) is 23.9 Å². The van der Waals surface area contributed by atoms with Gasteiger partial charge in [-0.05, 0) is 36.4 Å². The van der Waals surface area contributed by atoms with Crippen LogP contribution in [0.25, 0.3) is 22.4 Å². The van der Waals surface area contributed by atoms with E-state index in [0.717, 1.165) is 0 Å². The Morgan fingerprint density at radius 3 is 2.69 bits per heavy atom. The molecule has 4 rings (SSSR count). The molecule has 4 aromatic rings. The van der Waals surface area contributed by atoms with Crippen LogP contribution < -0.4 is 10.4 Å². The Morgan fingerprint density at radius 2 is 1.86 bits per heavy atom. The SMILES string of the molecule is O=c1cc(OCC(O)CSc2nnc(-c3ccc(O)cc3)o2)c2ccccc2o1. The maximum atomic E-state index is 11.6. The number of aliphatic hydroxyl groups excluding tert-OH is 1. The average Bonchev–Trinajstić information content (AvgIpc) is 3.20. The molecular weight excluding hydrogens is 396 g/mol. The number of phenolic OH excluding ortho intramolecular Hbond substituents is 1. The van der Waals surface area contributed by atoms with Crippen LogP contribution in [0.5, 0.6) is 11.5 Å². The zero-order chi connectivity index (χ0) is 20.2. The summed E-state index contributed by atoms with van der Waals surface area (Å²) in [7, 11) is 0. The minimum Gasteiger partial charge on any atom is -0.508 e. The molecule has 0 aliphatic rings.